The van der Waals surface area contributed by atoms with Gasteiger partial charge in [0, 0.05) is 6.61 Å². The summed E-state index contributed by atoms with van der Waals surface area (Å²) in [5, 5.41) is 0. The molecule has 0 spiro atoms. The van der Waals surface area contributed by atoms with Gasteiger partial charge in [0.15, 0.2) is 9.84 Å². The van der Waals surface area contributed by atoms with Crippen molar-refractivity contribution in [1.29, 1.82) is 0 Å². The molecule has 1 aliphatic heterocycles. The lowest BCUT2D eigenvalue weighted by atomic mass is 10.2. The Morgan fingerprint density at radius 1 is 1.45 bits per heavy atom. The van der Waals surface area contributed by atoms with Crippen LogP contribution < -0.4 is 0 Å². The first-order valence-corrected chi connectivity index (χ1v) is 5.64. The fourth-order valence-corrected chi connectivity index (χ4v) is 2.17. The summed E-state index contributed by atoms with van der Waals surface area (Å²) in [6.45, 7) is 4.76. The second-order valence-corrected chi connectivity index (χ2v) is 5.58. The van der Waals surface area contributed by atoms with Crippen LogP contribution in [0.4, 0.5) is 0 Å². The van der Waals surface area contributed by atoms with Crippen LogP contribution >= 0.6 is 0 Å². The molecule has 0 aromatic carbocycles. The Morgan fingerprint density at radius 3 is 2.36 bits per heavy atom. The number of ether oxygens (including phenoxy) is 1. The summed E-state index contributed by atoms with van der Waals surface area (Å²) in [5.41, 5.74) is 0. The molecule has 0 saturated carbocycles. The molecule has 0 N–H and O–H groups in total. The largest absolute Gasteiger partial charge is 0.376 e. The highest BCUT2D eigenvalue weighted by atomic mass is 32.2. The first kappa shape index (κ1) is 9.00. The fourth-order valence-electron chi connectivity index (χ4n) is 0.942. The van der Waals surface area contributed by atoms with Gasteiger partial charge in [-0.25, -0.2) is 8.42 Å². The van der Waals surface area contributed by atoms with Crippen molar-refractivity contribution in [3.8, 4) is 0 Å². The van der Waals surface area contributed by atoms with E-state index in [-0.39, 0.29) is 17.6 Å². The summed E-state index contributed by atoms with van der Waals surface area (Å²) in [6.07, 6.45) is -0.0256. The van der Waals surface area contributed by atoms with Gasteiger partial charge in [-0.3, -0.25) is 0 Å². The molecule has 0 radical (unpaired) electrons. The second-order valence-electron chi connectivity index (χ2n) is 3.43. The monoisotopic (exact) mass is 178 g/mol. The first-order chi connectivity index (χ1) is 4.99. The predicted molar refractivity (Wildman–Crippen MR) is 43.2 cm³/mol. The van der Waals surface area contributed by atoms with E-state index in [1.54, 1.807) is 0 Å². The molecule has 66 valence electrons. The van der Waals surface area contributed by atoms with Crippen molar-refractivity contribution >= 4 is 9.84 Å². The Kier molecular flexibility index (Phi) is 2.54. The van der Waals surface area contributed by atoms with Crippen molar-refractivity contribution in [3.05, 3.63) is 0 Å². The van der Waals surface area contributed by atoms with Crippen LogP contribution in [0.2, 0.25) is 0 Å². The molecule has 1 aliphatic rings. The van der Waals surface area contributed by atoms with Crippen LogP contribution in [-0.2, 0) is 14.6 Å². The molecule has 0 unspecified atom stereocenters. The van der Waals surface area contributed by atoms with Gasteiger partial charge in [0.2, 0.25) is 0 Å². The number of rotatable bonds is 3. The van der Waals surface area contributed by atoms with E-state index in [9.17, 15) is 8.42 Å². The van der Waals surface area contributed by atoms with Gasteiger partial charge in [-0.15, -0.1) is 0 Å². The van der Waals surface area contributed by atoms with Crippen molar-refractivity contribution < 1.29 is 13.2 Å². The third-order valence-corrected chi connectivity index (χ3v) is 3.30. The molecule has 3 nitrogen and oxygen atoms in total. The highest BCUT2D eigenvalue weighted by molar-refractivity contribution is 7.92. The summed E-state index contributed by atoms with van der Waals surface area (Å²) >= 11 is 0. The molecule has 1 heterocycles. The van der Waals surface area contributed by atoms with E-state index in [2.05, 4.69) is 0 Å². The minimum Gasteiger partial charge on any atom is -0.376 e. The molecule has 1 saturated heterocycles. The van der Waals surface area contributed by atoms with Gasteiger partial charge >= 0.3 is 0 Å². The zero-order chi connectivity index (χ0) is 8.48. The Bertz CT molecular complexity index is 206. The lowest BCUT2D eigenvalue weighted by Gasteiger charge is -2.26. The van der Waals surface area contributed by atoms with Crippen molar-refractivity contribution in [2.75, 3.05) is 18.1 Å². The van der Waals surface area contributed by atoms with Gasteiger partial charge in [0.25, 0.3) is 0 Å². The predicted octanol–water partition coefficient (Wildman–Crippen LogP) is 0.456. The number of hydrogen-bond acceptors (Lipinski definition) is 3. The van der Waals surface area contributed by atoms with E-state index in [4.69, 9.17) is 4.74 Å². The molecule has 1 rings (SSSR count). The van der Waals surface area contributed by atoms with E-state index in [1.807, 2.05) is 13.8 Å². The second kappa shape index (κ2) is 3.11. The van der Waals surface area contributed by atoms with E-state index < -0.39 is 9.84 Å². The maximum Gasteiger partial charge on any atom is 0.155 e. The van der Waals surface area contributed by atoms with Gasteiger partial charge in [0.1, 0.15) is 0 Å². The number of hydrogen-bond donors (Lipinski definition) is 0. The molecule has 0 atom stereocenters. The molecule has 0 aromatic heterocycles. The van der Waals surface area contributed by atoms with E-state index in [1.165, 1.54) is 0 Å². The van der Waals surface area contributed by atoms with Crippen LogP contribution in [0.1, 0.15) is 13.8 Å². The average Bonchev–Trinajstić information content (AvgIpc) is 1.78. The summed E-state index contributed by atoms with van der Waals surface area (Å²) in [5.74, 6) is 0.928. The SMILES string of the molecule is CC(C)COC1CS(=O)(=O)C1. The Hall–Kier alpha value is -0.0900. The third-order valence-electron chi connectivity index (χ3n) is 1.54. The Morgan fingerprint density at radius 2 is 2.00 bits per heavy atom. The summed E-state index contributed by atoms with van der Waals surface area (Å²) < 4.78 is 26.6. The van der Waals surface area contributed by atoms with Crippen molar-refractivity contribution in [1.82, 2.24) is 0 Å². The van der Waals surface area contributed by atoms with Crippen LogP contribution in [-0.4, -0.2) is 32.6 Å². The maximum absolute atomic E-state index is 10.7. The van der Waals surface area contributed by atoms with Gasteiger partial charge in [-0.2, -0.15) is 0 Å². The summed E-state index contributed by atoms with van der Waals surface area (Å²) in [6, 6.07) is 0. The standard InChI is InChI=1S/C7H14O3S/c1-6(2)3-10-7-4-11(8,9)5-7/h6-7H,3-5H2,1-2H3. The van der Waals surface area contributed by atoms with Crippen LogP contribution in [0, 0.1) is 5.92 Å². The van der Waals surface area contributed by atoms with Crippen LogP contribution in [0.3, 0.4) is 0 Å². The molecule has 1 fully saturated rings. The van der Waals surface area contributed by atoms with Crippen LogP contribution in [0.25, 0.3) is 0 Å². The van der Waals surface area contributed by atoms with Crippen LogP contribution in [0.15, 0.2) is 0 Å². The fraction of sp³-hybridized carbons (Fsp3) is 1.00. The topological polar surface area (TPSA) is 43.4 Å². The van der Waals surface area contributed by atoms with E-state index >= 15 is 0 Å². The van der Waals surface area contributed by atoms with E-state index in [0.29, 0.717) is 12.5 Å². The smallest absolute Gasteiger partial charge is 0.155 e. The highest BCUT2D eigenvalue weighted by Gasteiger charge is 2.33. The average molecular weight is 178 g/mol. The first-order valence-electron chi connectivity index (χ1n) is 3.81. The van der Waals surface area contributed by atoms with Gasteiger partial charge in [0.05, 0.1) is 17.6 Å². The molecule has 0 aromatic rings. The minimum absolute atomic E-state index is 0.0256. The molecule has 0 aliphatic carbocycles. The minimum atomic E-state index is -2.70. The molecular formula is C7H14O3S. The summed E-state index contributed by atoms with van der Waals surface area (Å²) in [4.78, 5) is 0. The molecule has 11 heavy (non-hydrogen) atoms. The molecule has 4 heteroatoms. The third kappa shape index (κ3) is 2.79. The number of sulfone groups is 1. The lowest BCUT2D eigenvalue weighted by molar-refractivity contribution is 0.0543. The lowest BCUT2D eigenvalue weighted by Crippen LogP contribution is -2.43. The van der Waals surface area contributed by atoms with Crippen LogP contribution in [0.5, 0.6) is 0 Å². The molecule has 0 bridgehead atoms. The normalized spacial score (nSPS) is 23.5. The highest BCUT2D eigenvalue weighted by Crippen LogP contribution is 2.14. The van der Waals surface area contributed by atoms with Gasteiger partial charge in [-0.1, -0.05) is 13.8 Å². The quantitative estimate of drug-likeness (QED) is 0.630. The van der Waals surface area contributed by atoms with E-state index in [0.717, 1.165) is 0 Å². The molecular weight excluding hydrogens is 164 g/mol. The zero-order valence-electron chi connectivity index (χ0n) is 6.91. The van der Waals surface area contributed by atoms with Crippen molar-refractivity contribution in [3.63, 3.8) is 0 Å². The Balaban J connectivity index is 2.14. The zero-order valence-corrected chi connectivity index (χ0v) is 7.73. The molecule has 0 amide bonds. The maximum atomic E-state index is 10.7. The summed E-state index contributed by atoms with van der Waals surface area (Å²) in [7, 11) is -2.70. The Labute approximate surface area is 67.7 Å². The van der Waals surface area contributed by atoms with Gasteiger partial charge in [-0.05, 0) is 5.92 Å². The van der Waals surface area contributed by atoms with Gasteiger partial charge < -0.3 is 4.74 Å². The van der Waals surface area contributed by atoms with Crippen molar-refractivity contribution in [2.24, 2.45) is 5.92 Å². The van der Waals surface area contributed by atoms with Crippen molar-refractivity contribution in [2.45, 2.75) is 20.0 Å².